The Hall–Kier alpha value is -2.92. The van der Waals surface area contributed by atoms with E-state index < -0.39 is 11.7 Å². The van der Waals surface area contributed by atoms with Crippen LogP contribution in [0.1, 0.15) is 11.1 Å². The van der Waals surface area contributed by atoms with Gasteiger partial charge in [0.05, 0.1) is 25.1 Å². The van der Waals surface area contributed by atoms with Crippen LogP contribution in [0.25, 0.3) is 11.2 Å². The number of H-pyrrole nitrogens is 1. The molecule has 1 aliphatic heterocycles. The average molecular weight is 421 g/mol. The summed E-state index contributed by atoms with van der Waals surface area (Å²) in [5.41, 5.74) is 0.894. The number of nitrogens with zero attached hydrogens (tertiary/aromatic N) is 4. The van der Waals surface area contributed by atoms with Crippen LogP contribution in [0, 0.1) is 0 Å². The van der Waals surface area contributed by atoms with Crippen LogP contribution in [0.3, 0.4) is 0 Å². The summed E-state index contributed by atoms with van der Waals surface area (Å²) >= 11 is 0. The first-order valence-electron chi connectivity index (χ1n) is 9.64. The van der Waals surface area contributed by atoms with Crippen LogP contribution in [-0.2, 0) is 17.5 Å². The van der Waals surface area contributed by atoms with E-state index >= 15 is 0 Å². The fraction of sp³-hybridized carbons (Fsp3) is 0.421. The minimum atomic E-state index is -4.38. The second-order valence-corrected chi connectivity index (χ2v) is 6.93. The maximum absolute atomic E-state index is 12.9. The molecule has 3 heterocycles. The van der Waals surface area contributed by atoms with Crippen molar-refractivity contribution in [1.82, 2.24) is 24.8 Å². The van der Waals surface area contributed by atoms with Crippen molar-refractivity contribution in [1.29, 1.82) is 0 Å². The Kier molecular flexibility index (Phi) is 6.00. The zero-order chi connectivity index (χ0) is 21.0. The van der Waals surface area contributed by atoms with E-state index in [1.165, 1.54) is 12.4 Å². The predicted octanol–water partition coefficient (Wildman–Crippen LogP) is 2.73. The molecule has 0 bridgehead atoms. The molecule has 0 saturated carbocycles. The molecule has 0 atom stereocenters. The fourth-order valence-corrected chi connectivity index (χ4v) is 3.23. The third-order valence-corrected chi connectivity index (χ3v) is 4.81. The first kappa shape index (κ1) is 20.4. The van der Waals surface area contributed by atoms with Gasteiger partial charge in [0.1, 0.15) is 5.52 Å². The van der Waals surface area contributed by atoms with E-state index in [9.17, 15) is 13.2 Å². The number of rotatable bonds is 7. The van der Waals surface area contributed by atoms with Crippen LogP contribution < -0.4 is 10.6 Å². The molecule has 30 heavy (non-hydrogen) atoms. The lowest BCUT2D eigenvalue weighted by Crippen LogP contribution is -2.39. The maximum atomic E-state index is 12.9. The first-order chi connectivity index (χ1) is 14.5. The lowest BCUT2D eigenvalue weighted by atomic mass is 10.1. The zero-order valence-electron chi connectivity index (χ0n) is 16.2. The number of aromatic amines is 1. The molecule has 0 radical (unpaired) electrons. The Morgan fingerprint density at radius 1 is 1.13 bits per heavy atom. The first-order valence-corrected chi connectivity index (χ1v) is 9.64. The lowest BCUT2D eigenvalue weighted by molar-refractivity contribution is -0.137. The van der Waals surface area contributed by atoms with Crippen molar-refractivity contribution < 1.29 is 17.9 Å². The summed E-state index contributed by atoms with van der Waals surface area (Å²) in [5, 5.41) is 6.29. The van der Waals surface area contributed by atoms with E-state index in [0.29, 0.717) is 35.0 Å². The molecule has 11 heteroatoms. The van der Waals surface area contributed by atoms with Crippen molar-refractivity contribution in [3.8, 4) is 0 Å². The van der Waals surface area contributed by atoms with Crippen molar-refractivity contribution in [3.05, 3.63) is 41.7 Å². The standard InChI is InChI=1S/C19H22F3N7O/c20-19(21,22)14-3-1-2-13(10-14)11-24-16-15-17(26-12-25-15)28-18(27-16)23-4-5-29-6-8-30-9-7-29/h1-3,10,12H,4-9,11H2,(H3,23,24,25,26,27,28). The summed E-state index contributed by atoms with van der Waals surface area (Å²) in [6, 6.07) is 5.21. The number of nitrogens with one attached hydrogen (secondary N) is 3. The summed E-state index contributed by atoms with van der Waals surface area (Å²) < 4.78 is 44.1. The highest BCUT2D eigenvalue weighted by Crippen LogP contribution is 2.29. The van der Waals surface area contributed by atoms with Crippen molar-refractivity contribution in [2.45, 2.75) is 12.7 Å². The van der Waals surface area contributed by atoms with Crippen molar-refractivity contribution in [2.24, 2.45) is 0 Å². The van der Waals surface area contributed by atoms with Crippen LogP contribution in [0.15, 0.2) is 30.6 Å². The smallest absolute Gasteiger partial charge is 0.379 e. The number of benzene rings is 1. The number of halogens is 3. The summed E-state index contributed by atoms with van der Waals surface area (Å²) in [6.07, 6.45) is -2.87. The Morgan fingerprint density at radius 3 is 2.77 bits per heavy atom. The van der Waals surface area contributed by atoms with Crippen LogP contribution in [0.2, 0.25) is 0 Å². The molecular formula is C19H22F3N7O. The predicted molar refractivity (Wildman–Crippen MR) is 106 cm³/mol. The highest BCUT2D eigenvalue weighted by molar-refractivity contribution is 5.83. The third-order valence-electron chi connectivity index (χ3n) is 4.81. The minimum absolute atomic E-state index is 0.183. The molecule has 0 unspecified atom stereocenters. The highest BCUT2D eigenvalue weighted by atomic mass is 19.4. The Bertz CT molecular complexity index is 986. The number of fused-ring (bicyclic) bond motifs is 1. The number of aromatic nitrogens is 4. The van der Waals surface area contributed by atoms with Gasteiger partial charge in [-0.25, -0.2) is 4.98 Å². The number of alkyl halides is 3. The van der Waals surface area contributed by atoms with Gasteiger partial charge in [0.2, 0.25) is 5.95 Å². The number of imidazole rings is 1. The quantitative estimate of drug-likeness (QED) is 0.540. The SMILES string of the molecule is FC(F)(F)c1cccc(CNc2nc(NCCN3CCOCC3)nc3nc[nH]c23)c1. The molecule has 0 spiro atoms. The van der Waals surface area contributed by atoms with Gasteiger partial charge in [0, 0.05) is 32.7 Å². The molecule has 1 aromatic carbocycles. The molecule has 1 aliphatic rings. The summed E-state index contributed by atoms with van der Waals surface area (Å²) in [7, 11) is 0. The van der Waals surface area contributed by atoms with Crippen LogP contribution >= 0.6 is 0 Å². The van der Waals surface area contributed by atoms with E-state index in [2.05, 4.69) is 35.5 Å². The average Bonchev–Trinajstić information content (AvgIpc) is 3.21. The van der Waals surface area contributed by atoms with E-state index in [0.717, 1.165) is 45.0 Å². The number of hydrogen-bond acceptors (Lipinski definition) is 7. The molecule has 1 fully saturated rings. The van der Waals surface area contributed by atoms with E-state index in [1.54, 1.807) is 6.07 Å². The van der Waals surface area contributed by atoms with E-state index in [-0.39, 0.29) is 6.54 Å². The molecule has 160 valence electrons. The summed E-state index contributed by atoms with van der Waals surface area (Å²) in [5.74, 6) is 0.887. The van der Waals surface area contributed by atoms with Gasteiger partial charge in [-0.3, -0.25) is 4.90 Å². The molecule has 0 amide bonds. The van der Waals surface area contributed by atoms with E-state index in [4.69, 9.17) is 4.74 Å². The van der Waals surface area contributed by atoms with Gasteiger partial charge in [0.25, 0.3) is 0 Å². The highest BCUT2D eigenvalue weighted by Gasteiger charge is 2.30. The molecule has 2 aromatic heterocycles. The number of morpholine rings is 1. The van der Waals surface area contributed by atoms with Crippen molar-refractivity contribution >= 4 is 22.9 Å². The monoisotopic (exact) mass is 421 g/mol. The number of anilines is 2. The van der Waals surface area contributed by atoms with Crippen LogP contribution in [0.4, 0.5) is 24.9 Å². The van der Waals surface area contributed by atoms with Gasteiger partial charge in [-0.05, 0) is 17.7 Å². The van der Waals surface area contributed by atoms with Crippen molar-refractivity contribution in [2.75, 3.05) is 50.0 Å². The van der Waals surface area contributed by atoms with E-state index in [1.807, 2.05) is 0 Å². The summed E-state index contributed by atoms with van der Waals surface area (Å²) in [6.45, 7) is 4.93. The minimum Gasteiger partial charge on any atom is -0.379 e. The van der Waals surface area contributed by atoms with Crippen LogP contribution in [-0.4, -0.2) is 64.2 Å². The maximum Gasteiger partial charge on any atom is 0.416 e. The van der Waals surface area contributed by atoms with Gasteiger partial charge in [-0.1, -0.05) is 12.1 Å². The second kappa shape index (κ2) is 8.84. The molecular weight excluding hydrogens is 399 g/mol. The molecule has 1 saturated heterocycles. The Labute approximate surface area is 170 Å². The molecule has 4 rings (SSSR count). The fourth-order valence-electron chi connectivity index (χ4n) is 3.23. The van der Waals surface area contributed by atoms with Crippen LogP contribution in [0.5, 0.6) is 0 Å². The van der Waals surface area contributed by atoms with Gasteiger partial charge in [-0.2, -0.15) is 23.1 Å². The van der Waals surface area contributed by atoms with Gasteiger partial charge < -0.3 is 20.4 Å². The largest absolute Gasteiger partial charge is 0.416 e. The normalized spacial score (nSPS) is 15.4. The zero-order valence-corrected chi connectivity index (χ0v) is 16.2. The molecule has 3 aromatic rings. The number of hydrogen-bond donors (Lipinski definition) is 3. The topological polar surface area (TPSA) is 91.0 Å². The number of ether oxygens (including phenoxy) is 1. The lowest BCUT2D eigenvalue weighted by Gasteiger charge is -2.26. The van der Waals surface area contributed by atoms with Gasteiger partial charge in [-0.15, -0.1) is 0 Å². The molecule has 8 nitrogen and oxygen atoms in total. The van der Waals surface area contributed by atoms with Gasteiger partial charge in [0.15, 0.2) is 11.5 Å². The van der Waals surface area contributed by atoms with Crippen molar-refractivity contribution in [3.63, 3.8) is 0 Å². The molecule has 3 N–H and O–H groups in total. The Balaban J connectivity index is 1.43. The summed E-state index contributed by atoms with van der Waals surface area (Å²) in [4.78, 5) is 18.3. The third kappa shape index (κ3) is 4.97. The van der Waals surface area contributed by atoms with Gasteiger partial charge >= 0.3 is 6.18 Å². The second-order valence-electron chi connectivity index (χ2n) is 6.93. The Morgan fingerprint density at radius 2 is 1.97 bits per heavy atom. The molecule has 0 aliphatic carbocycles.